The Morgan fingerprint density at radius 2 is 1.67 bits per heavy atom. The summed E-state index contributed by atoms with van der Waals surface area (Å²) in [7, 11) is 0. The highest BCUT2D eigenvalue weighted by atomic mass is 16.5. The van der Waals surface area contributed by atoms with Crippen molar-refractivity contribution in [3.8, 4) is 18.1 Å². The molecular formula is C25H22N2O3. The Kier molecular flexibility index (Phi) is 7.23. The van der Waals surface area contributed by atoms with Crippen molar-refractivity contribution in [3.63, 3.8) is 0 Å². The van der Waals surface area contributed by atoms with E-state index < -0.39 is 0 Å². The van der Waals surface area contributed by atoms with Crippen LogP contribution in [0, 0.1) is 12.3 Å². The van der Waals surface area contributed by atoms with Crippen molar-refractivity contribution < 1.29 is 14.3 Å². The number of ether oxygens (including phenoxy) is 1. The van der Waals surface area contributed by atoms with Crippen LogP contribution in [0.5, 0.6) is 5.75 Å². The summed E-state index contributed by atoms with van der Waals surface area (Å²) in [6.07, 6.45) is 6.06. The zero-order chi connectivity index (χ0) is 21.2. The second kappa shape index (κ2) is 10.5. The van der Waals surface area contributed by atoms with Crippen LogP contribution in [0.4, 0.5) is 5.69 Å². The number of hydrogen-bond donors (Lipinski definition) is 2. The van der Waals surface area contributed by atoms with Gasteiger partial charge in [-0.05, 0) is 35.4 Å². The normalized spacial score (nSPS) is 9.97. The molecule has 0 aromatic heterocycles. The summed E-state index contributed by atoms with van der Waals surface area (Å²) in [6.45, 7) is -0.334. The molecule has 0 aliphatic carbocycles. The zero-order valence-electron chi connectivity index (χ0n) is 16.4. The first kappa shape index (κ1) is 20.7. The maximum absolute atomic E-state index is 12.1. The van der Waals surface area contributed by atoms with Crippen molar-refractivity contribution in [2.75, 3.05) is 18.5 Å². The quantitative estimate of drug-likeness (QED) is 0.572. The molecule has 0 unspecified atom stereocenters. The number of carbonyl (C=O) groups is 2. The van der Waals surface area contributed by atoms with Gasteiger partial charge < -0.3 is 15.4 Å². The highest BCUT2D eigenvalue weighted by molar-refractivity contribution is 5.94. The molecule has 30 heavy (non-hydrogen) atoms. The van der Waals surface area contributed by atoms with Crippen molar-refractivity contribution in [1.82, 2.24) is 5.32 Å². The van der Waals surface area contributed by atoms with Crippen molar-refractivity contribution in [2.24, 2.45) is 0 Å². The maximum Gasteiger partial charge on any atom is 0.258 e. The van der Waals surface area contributed by atoms with E-state index in [1.165, 1.54) is 0 Å². The van der Waals surface area contributed by atoms with Crippen LogP contribution in [0.2, 0.25) is 0 Å². The molecule has 2 amide bonds. The minimum atomic E-state index is -0.378. The molecule has 0 bridgehead atoms. The van der Waals surface area contributed by atoms with Crippen LogP contribution in [0.3, 0.4) is 0 Å². The Morgan fingerprint density at radius 1 is 0.900 bits per heavy atom. The van der Waals surface area contributed by atoms with E-state index in [0.717, 1.165) is 11.1 Å². The predicted octanol–water partition coefficient (Wildman–Crippen LogP) is 3.39. The first-order chi connectivity index (χ1) is 14.6. The standard InChI is InChI=1S/C25H22N2O3/c1-2-19-11-8-13-22(16-19)27-24(28)17-26-25(29)18-30-23-14-7-6-12-21(23)15-20-9-4-3-5-10-20/h1,3-14,16H,15,17-18H2,(H,26,29)(H,27,28). The minimum absolute atomic E-state index is 0.159. The van der Waals surface area contributed by atoms with E-state index in [4.69, 9.17) is 11.2 Å². The van der Waals surface area contributed by atoms with Gasteiger partial charge in [-0.3, -0.25) is 9.59 Å². The van der Waals surface area contributed by atoms with Crippen molar-refractivity contribution in [2.45, 2.75) is 6.42 Å². The van der Waals surface area contributed by atoms with E-state index in [1.54, 1.807) is 24.3 Å². The van der Waals surface area contributed by atoms with E-state index in [1.807, 2.05) is 54.6 Å². The SMILES string of the molecule is C#Cc1cccc(NC(=O)CNC(=O)COc2ccccc2Cc2ccccc2)c1. The molecule has 0 radical (unpaired) electrons. The average Bonchev–Trinajstić information content (AvgIpc) is 2.78. The Balaban J connectivity index is 1.48. The predicted molar refractivity (Wildman–Crippen MR) is 117 cm³/mol. The number of para-hydroxylation sites is 1. The lowest BCUT2D eigenvalue weighted by atomic mass is 10.0. The number of nitrogens with one attached hydrogen (secondary N) is 2. The largest absolute Gasteiger partial charge is 0.483 e. The van der Waals surface area contributed by atoms with Gasteiger partial charge in [-0.25, -0.2) is 0 Å². The van der Waals surface area contributed by atoms with Crippen LogP contribution >= 0.6 is 0 Å². The van der Waals surface area contributed by atoms with Crippen LogP contribution in [0.1, 0.15) is 16.7 Å². The summed E-state index contributed by atoms with van der Waals surface area (Å²) < 4.78 is 5.69. The lowest BCUT2D eigenvalue weighted by Crippen LogP contribution is -2.35. The monoisotopic (exact) mass is 398 g/mol. The third-order valence-electron chi connectivity index (χ3n) is 4.33. The number of anilines is 1. The molecule has 5 nitrogen and oxygen atoms in total. The molecule has 0 fully saturated rings. The fourth-order valence-electron chi connectivity index (χ4n) is 2.87. The van der Waals surface area contributed by atoms with Gasteiger partial charge in [-0.1, -0.05) is 60.5 Å². The number of benzene rings is 3. The maximum atomic E-state index is 12.1. The number of rotatable bonds is 8. The lowest BCUT2D eigenvalue weighted by Gasteiger charge is -2.12. The zero-order valence-corrected chi connectivity index (χ0v) is 16.4. The molecule has 0 atom stereocenters. The van der Waals surface area contributed by atoms with Crippen molar-refractivity contribution >= 4 is 17.5 Å². The third-order valence-corrected chi connectivity index (χ3v) is 4.33. The molecule has 0 aliphatic heterocycles. The van der Waals surface area contributed by atoms with Gasteiger partial charge in [0.1, 0.15) is 5.75 Å². The molecule has 0 heterocycles. The van der Waals surface area contributed by atoms with E-state index in [0.29, 0.717) is 23.4 Å². The smallest absolute Gasteiger partial charge is 0.258 e. The molecule has 3 rings (SSSR count). The lowest BCUT2D eigenvalue weighted by molar-refractivity contribution is -0.125. The van der Waals surface area contributed by atoms with Gasteiger partial charge in [0, 0.05) is 17.7 Å². The summed E-state index contributed by atoms with van der Waals surface area (Å²) in [5.74, 6) is 2.43. The molecule has 3 aromatic rings. The van der Waals surface area contributed by atoms with E-state index in [-0.39, 0.29) is 25.0 Å². The van der Waals surface area contributed by atoms with Gasteiger partial charge in [0.15, 0.2) is 6.61 Å². The molecule has 150 valence electrons. The molecule has 0 saturated carbocycles. The van der Waals surface area contributed by atoms with Crippen molar-refractivity contribution in [3.05, 3.63) is 95.6 Å². The van der Waals surface area contributed by atoms with Crippen LogP contribution in [-0.2, 0) is 16.0 Å². The van der Waals surface area contributed by atoms with Gasteiger partial charge in [0.25, 0.3) is 5.91 Å². The van der Waals surface area contributed by atoms with Gasteiger partial charge in [0.05, 0.1) is 6.54 Å². The fourth-order valence-corrected chi connectivity index (χ4v) is 2.87. The summed E-state index contributed by atoms with van der Waals surface area (Å²) in [6, 6.07) is 24.6. The molecule has 0 spiro atoms. The van der Waals surface area contributed by atoms with E-state index >= 15 is 0 Å². The first-order valence-electron chi connectivity index (χ1n) is 9.52. The molecule has 5 heteroatoms. The Labute approximate surface area is 176 Å². The van der Waals surface area contributed by atoms with E-state index in [9.17, 15) is 9.59 Å². The van der Waals surface area contributed by atoms with Crippen LogP contribution < -0.4 is 15.4 Å². The molecule has 0 aliphatic rings. The Hall–Kier alpha value is -4.04. The number of hydrogen-bond acceptors (Lipinski definition) is 3. The summed E-state index contributed by atoms with van der Waals surface area (Å²) in [5.41, 5.74) is 3.39. The van der Waals surface area contributed by atoms with Gasteiger partial charge >= 0.3 is 0 Å². The minimum Gasteiger partial charge on any atom is -0.483 e. The fraction of sp³-hybridized carbons (Fsp3) is 0.120. The second-order valence-electron chi connectivity index (χ2n) is 6.61. The molecule has 2 N–H and O–H groups in total. The van der Waals surface area contributed by atoms with Crippen LogP contribution in [0.25, 0.3) is 0 Å². The van der Waals surface area contributed by atoms with Crippen LogP contribution in [-0.4, -0.2) is 25.0 Å². The first-order valence-corrected chi connectivity index (χ1v) is 9.52. The molecule has 3 aromatic carbocycles. The summed E-state index contributed by atoms with van der Waals surface area (Å²) in [5, 5.41) is 5.25. The highest BCUT2D eigenvalue weighted by Gasteiger charge is 2.09. The average molecular weight is 398 g/mol. The van der Waals surface area contributed by atoms with Gasteiger partial charge in [0.2, 0.25) is 5.91 Å². The van der Waals surface area contributed by atoms with E-state index in [2.05, 4.69) is 16.6 Å². The summed E-state index contributed by atoms with van der Waals surface area (Å²) >= 11 is 0. The topological polar surface area (TPSA) is 67.4 Å². The number of amides is 2. The second-order valence-corrected chi connectivity index (χ2v) is 6.61. The van der Waals surface area contributed by atoms with Gasteiger partial charge in [-0.15, -0.1) is 6.42 Å². The molecule has 0 saturated heterocycles. The Morgan fingerprint density at radius 3 is 2.47 bits per heavy atom. The van der Waals surface area contributed by atoms with Crippen molar-refractivity contribution in [1.29, 1.82) is 0 Å². The number of terminal acetylenes is 1. The number of carbonyl (C=O) groups excluding carboxylic acids is 2. The highest BCUT2D eigenvalue weighted by Crippen LogP contribution is 2.21. The summed E-state index contributed by atoms with van der Waals surface area (Å²) in [4.78, 5) is 24.1. The third kappa shape index (κ3) is 6.25. The van der Waals surface area contributed by atoms with Crippen LogP contribution in [0.15, 0.2) is 78.9 Å². The Bertz CT molecular complexity index is 1060. The van der Waals surface area contributed by atoms with Gasteiger partial charge in [-0.2, -0.15) is 0 Å². The molecular weight excluding hydrogens is 376 g/mol.